The molecule has 82 heavy (non-hydrogen) atoms. The van der Waals surface area contributed by atoms with Crippen molar-refractivity contribution < 1.29 is 19.1 Å². The monoisotopic (exact) mass is 1140 g/mol. The summed E-state index contributed by atoms with van der Waals surface area (Å²) in [6.07, 6.45) is 9.31. The molecule has 3 amide bonds. The Morgan fingerprint density at radius 3 is 1.28 bits per heavy atom. The van der Waals surface area contributed by atoms with Gasteiger partial charge in [0.1, 0.15) is 30.1 Å². The Kier molecular flexibility index (Phi) is 23.4. The zero-order valence-corrected chi connectivity index (χ0v) is 47.7. The van der Waals surface area contributed by atoms with E-state index in [0.29, 0.717) is 79.4 Å². The first-order valence-corrected chi connectivity index (χ1v) is 26.9. The van der Waals surface area contributed by atoms with E-state index >= 15 is 0 Å². The summed E-state index contributed by atoms with van der Waals surface area (Å²) in [5.74, 6) is 2.75. The van der Waals surface area contributed by atoms with Crippen molar-refractivity contribution in [3.63, 3.8) is 0 Å². The lowest BCUT2D eigenvalue weighted by Gasteiger charge is -2.35. The van der Waals surface area contributed by atoms with Gasteiger partial charge in [0.25, 0.3) is 17.5 Å². The quantitative estimate of drug-likeness (QED) is 0.109. The second kappa shape index (κ2) is 30.9. The lowest BCUT2D eigenvalue weighted by Crippen LogP contribution is -2.50. The van der Waals surface area contributed by atoms with Crippen molar-refractivity contribution in [1.29, 1.82) is 0 Å². The number of nitrogens with zero attached hydrogens (tertiary/aromatic N) is 20. The number of rotatable bonds is 11. The second-order valence-corrected chi connectivity index (χ2v) is 20.3. The van der Waals surface area contributed by atoms with Crippen LogP contribution in [0.5, 0.6) is 0 Å². The topological polar surface area (TPSA) is 280 Å². The normalized spacial score (nSPS) is 14.2. The van der Waals surface area contributed by atoms with Crippen LogP contribution >= 0.6 is 11.6 Å². The molecule has 0 unspecified atom stereocenters. The molecule has 3 fully saturated rings. The minimum Gasteiger partial charge on any atom is -0.444 e. The number of nitrogens with one attached hydrogen (secondary N) is 3. The lowest BCUT2D eigenvalue weighted by molar-refractivity contribution is -0.123. The van der Waals surface area contributed by atoms with Gasteiger partial charge in [-0.3, -0.25) is 14.5 Å². The van der Waals surface area contributed by atoms with Gasteiger partial charge in [0.2, 0.25) is 29.7 Å². The van der Waals surface area contributed by atoms with Crippen molar-refractivity contribution in [3.05, 3.63) is 108 Å². The number of ether oxygens (including phenoxy) is 1. The van der Waals surface area contributed by atoms with Gasteiger partial charge in [-0.1, -0.05) is 37.9 Å². The highest BCUT2D eigenvalue weighted by molar-refractivity contribution is 6.27. The standard InChI is InChI=1S/C18H22N8O.C18H21N7O2.C13H13N7.C5H10ClNO/c1-13(2)22-17(27)12-25-6-8-26(9-7-25)18-23-15(11-21-24-18)14-4-5-16(19-3)20-10-14;1-18(2,3)27-17(26)25-9-7-24(8-10-25)16-22-14(12-21-23-16)13-5-6-15(19-4)20-11-13;1-14-12-3-2-10(8-16-12)11-9-17-19-13(18-11)20-6-4-15-5-7-20;1-4(2)7-5(8)3-6/h4-5,10-11,13H,6-9,12H2,1-2H3,(H,22,27);5-6,11-12H,7-10H2,1-3H3;2-3,8-9,15H,4-7H2;4H,3H2,1-2H3,(H,7,8). The van der Waals surface area contributed by atoms with Crippen LogP contribution in [-0.4, -0.2) is 197 Å². The molecule has 6 aromatic heterocycles. The van der Waals surface area contributed by atoms with Gasteiger partial charge in [0.05, 0.1) is 42.2 Å². The van der Waals surface area contributed by atoms with Gasteiger partial charge in [-0.05, 0) is 66.7 Å². The largest absolute Gasteiger partial charge is 0.444 e. The molecule has 0 radical (unpaired) electrons. The van der Waals surface area contributed by atoms with E-state index in [0.717, 1.165) is 74.7 Å². The third-order valence-corrected chi connectivity index (χ3v) is 12.0. The fraction of sp³-hybridized carbons (Fsp3) is 0.444. The van der Waals surface area contributed by atoms with Gasteiger partial charge in [-0.15, -0.1) is 41.8 Å². The summed E-state index contributed by atoms with van der Waals surface area (Å²) in [7, 11) is 0. The average Bonchev–Trinajstić information content (AvgIpc) is 3.56. The third kappa shape index (κ3) is 19.8. The number of aromatic nitrogens is 12. The van der Waals surface area contributed by atoms with Crippen molar-refractivity contribution in [2.24, 2.45) is 0 Å². The molecule has 0 aromatic carbocycles. The van der Waals surface area contributed by atoms with Gasteiger partial charge in [-0.2, -0.15) is 15.3 Å². The number of carbonyl (C=O) groups excluding carboxylic acids is 3. The molecule has 0 spiro atoms. The molecule has 0 bridgehead atoms. The molecule has 9 rings (SSSR count). The molecule has 3 aliphatic heterocycles. The maximum atomic E-state index is 12.2. The Morgan fingerprint density at radius 2 is 0.951 bits per heavy atom. The van der Waals surface area contributed by atoms with Crippen molar-refractivity contribution >= 4 is 64.8 Å². The van der Waals surface area contributed by atoms with E-state index in [9.17, 15) is 14.4 Å². The Hall–Kier alpha value is -9.23. The van der Waals surface area contributed by atoms with Gasteiger partial charge in [0.15, 0.2) is 0 Å². The molecule has 3 N–H and O–H groups in total. The van der Waals surface area contributed by atoms with E-state index in [1.807, 2.05) is 59.4 Å². The maximum absolute atomic E-state index is 12.2. The summed E-state index contributed by atoms with van der Waals surface area (Å²) in [6.45, 7) is 43.3. The van der Waals surface area contributed by atoms with Crippen LogP contribution in [0.4, 0.5) is 40.1 Å². The summed E-state index contributed by atoms with van der Waals surface area (Å²) < 4.78 is 5.41. The Balaban J connectivity index is 0.000000187. The van der Waals surface area contributed by atoms with Crippen LogP contribution < -0.4 is 30.7 Å². The smallest absolute Gasteiger partial charge is 0.410 e. The molecule has 428 valence electrons. The fourth-order valence-corrected chi connectivity index (χ4v) is 7.91. The van der Waals surface area contributed by atoms with Crippen molar-refractivity contribution in [2.75, 3.05) is 106 Å². The van der Waals surface area contributed by atoms with E-state index in [2.05, 4.69) is 106 Å². The summed E-state index contributed by atoms with van der Waals surface area (Å²) in [5, 5.41) is 33.3. The first-order chi connectivity index (χ1) is 39.4. The number of carbonyl (C=O) groups is 3. The Morgan fingerprint density at radius 1 is 0.573 bits per heavy atom. The predicted molar refractivity (Wildman–Crippen MR) is 309 cm³/mol. The number of anilines is 3. The van der Waals surface area contributed by atoms with Gasteiger partial charge in [0, 0.05) is 107 Å². The van der Waals surface area contributed by atoms with Crippen LogP contribution in [0.25, 0.3) is 48.3 Å². The van der Waals surface area contributed by atoms with Gasteiger partial charge < -0.3 is 54.8 Å². The second-order valence-electron chi connectivity index (χ2n) is 20.0. The summed E-state index contributed by atoms with van der Waals surface area (Å²) in [5.41, 5.74) is 3.92. The minimum atomic E-state index is -0.508. The molecular weight excluding hydrogens is 1070 g/mol. The molecule has 3 aliphatic rings. The lowest BCUT2D eigenvalue weighted by atomic mass is 10.2. The molecule has 3 saturated heterocycles. The highest BCUT2D eigenvalue weighted by Gasteiger charge is 2.28. The molecule has 0 saturated carbocycles. The molecule has 9 heterocycles. The number of hydrogen-bond donors (Lipinski definition) is 3. The van der Waals surface area contributed by atoms with Gasteiger partial charge in [-0.25, -0.2) is 19.7 Å². The molecule has 0 aliphatic carbocycles. The SMILES string of the molecule is CC(C)NC(=O)CCl.[C-]#[N+]c1ccc(-c2cnnc(N3CCN(C(=O)OC(C)(C)C)CC3)n2)cn1.[C-]#[N+]c1ccc(-c2cnnc(N3CCN(CC(=O)NC(C)C)CC3)n2)cn1.[C-]#[N+]c1ccc(-c2cnnc(N3CCNCC3)n2)cn1. The molecule has 28 heteroatoms. The number of alkyl halides is 1. The highest BCUT2D eigenvalue weighted by atomic mass is 35.5. The van der Waals surface area contributed by atoms with Crippen LogP contribution in [0.1, 0.15) is 48.5 Å². The van der Waals surface area contributed by atoms with Crippen LogP contribution in [0.2, 0.25) is 0 Å². The predicted octanol–water partition coefficient (Wildman–Crippen LogP) is 5.32. The summed E-state index contributed by atoms with van der Waals surface area (Å²) >= 11 is 5.18. The van der Waals surface area contributed by atoms with Crippen LogP contribution in [-0.2, 0) is 14.3 Å². The number of pyridine rings is 3. The van der Waals surface area contributed by atoms with Crippen LogP contribution in [0.3, 0.4) is 0 Å². The van der Waals surface area contributed by atoms with Crippen molar-refractivity contribution in [2.45, 2.75) is 66.2 Å². The Bertz CT molecular complexity index is 3140. The number of piperazine rings is 3. The first kappa shape index (κ1) is 62.0. The number of halogens is 1. The highest BCUT2D eigenvalue weighted by Crippen LogP contribution is 2.23. The van der Waals surface area contributed by atoms with Crippen LogP contribution in [0.15, 0.2) is 73.6 Å². The summed E-state index contributed by atoms with van der Waals surface area (Å²) in [6, 6.07) is 10.7. The van der Waals surface area contributed by atoms with Crippen molar-refractivity contribution in [1.82, 2.24) is 86.2 Å². The zero-order chi connectivity index (χ0) is 59.0. The minimum absolute atomic E-state index is 0.0497. The molecule has 0 atom stereocenters. The average molecular weight is 1140 g/mol. The van der Waals surface area contributed by atoms with E-state index < -0.39 is 5.60 Å². The van der Waals surface area contributed by atoms with E-state index in [1.54, 1.807) is 72.4 Å². The van der Waals surface area contributed by atoms with Crippen molar-refractivity contribution in [3.8, 4) is 33.8 Å². The third-order valence-electron chi connectivity index (χ3n) is 11.8. The maximum Gasteiger partial charge on any atom is 0.410 e. The molecular formula is C54H66ClN23O4. The van der Waals surface area contributed by atoms with E-state index in [4.69, 9.17) is 36.1 Å². The fourth-order valence-electron chi connectivity index (χ4n) is 7.83. The van der Waals surface area contributed by atoms with Gasteiger partial charge >= 0.3 is 6.09 Å². The van der Waals surface area contributed by atoms with Crippen LogP contribution in [0, 0.1) is 19.7 Å². The number of hydrogen-bond acceptors (Lipinski definition) is 21. The summed E-state index contributed by atoms with van der Waals surface area (Å²) in [4.78, 5) is 80.1. The zero-order valence-electron chi connectivity index (χ0n) is 46.9. The molecule has 27 nitrogen and oxygen atoms in total. The number of amides is 3. The van der Waals surface area contributed by atoms with E-state index in [-0.39, 0.29) is 35.9 Å². The van der Waals surface area contributed by atoms with E-state index in [1.165, 1.54) is 0 Å². The first-order valence-electron chi connectivity index (χ1n) is 26.3. The Labute approximate surface area is 481 Å². The molecule has 6 aromatic rings.